The molecular weight excluding hydrogens is 238 g/mol. The van der Waals surface area contributed by atoms with E-state index in [4.69, 9.17) is 0 Å². The van der Waals surface area contributed by atoms with Crippen LogP contribution < -0.4 is 5.56 Å². The highest BCUT2D eigenvalue weighted by Crippen LogP contribution is 2.19. The van der Waals surface area contributed by atoms with Crippen molar-refractivity contribution in [3.63, 3.8) is 0 Å². The number of carbonyl (C=O) groups is 1. The van der Waals surface area contributed by atoms with E-state index in [1.54, 1.807) is 6.07 Å². The number of fused-ring (bicyclic) bond motifs is 1. The van der Waals surface area contributed by atoms with Crippen LogP contribution in [0.3, 0.4) is 0 Å². The number of hydrogen-bond acceptors (Lipinski definition) is 2. The Labute approximate surface area is 111 Å². The van der Waals surface area contributed by atoms with Crippen molar-refractivity contribution in [2.45, 2.75) is 25.7 Å². The fourth-order valence-corrected chi connectivity index (χ4v) is 2.56. The molecule has 1 aromatic carbocycles. The molecule has 0 spiro atoms. The van der Waals surface area contributed by atoms with E-state index in [-0.39, 0.29) is 11.3 Å². The molecule has 3 heteroatoms. The van der Waals surface area contributed by atoms with Crippen molar-refractivity contribution in [3.8, 4) is 0 Å². The van der Waals surface area contributed by atoms with E-state index < -0.39 is 0 Å². The molecule has 1 N–H and O–H groups in total. The molecule has 0 fully saturated rings. The van der Waals surface area contributed by atoms with Crippen LogP contribution in [0.15, 0.2) is 41.2 Å². The van der Waals surface area contributed by atoms with Crippen LogP contribution in [0.1, 0.15) is 40.0 Å². The lowest BCUT2D eigenvalue weighted by Gasteiger charge is -2.15. The number of pyridine rings is 1. The van der Waals surface area contributed by atoms with E-state index in [1.807, 2.05) is 30.3 Å². The summed E-state index contributed by atoms with van der Waals surface area (Å²) in [4.78, 5) is 26.8. The second kappa shape index (κ2) is 4.84. The van der Waals surface area contributed by atoms with Gasteiger partial charge in [-0.1, -0.05) is 30.3 Å². The normalized spacial score (nSPS) is 14.2. The Hall–Kier alpha value is -2.16. The summed E-state index contributed by atoms with van der Waals surface area (Å²) >= 11 is 0. The molecule has 3 rings (SSSR count). The maximum atomic E-state index is 12.0. The van der Waals surface area contributed by atoms with Crippen LogP contribution in [-0.4, -0.2) is 10.8 Å². The number of nitrogens with one attached hydrogen (secondary N) is 1. The van der Waals surface area contributed by atoms with Gasteiger partial charge in [0.2, 0.25) is 0 Å². The molecule has 96 valence electrons. The molecule has 3 nitrogen and oxygen atoms in total. The zero-order chi connectivity index (χ0) is 13.2. The SMILES string of the molecule is O=C1CCCc2[nH]c(=O)c(Cc3ccccc3)cc21. The maximum absolute atomic E-state index is 12.0. The second-order valence-corrected chi connectivity index (χ2v) is 4.96. The Morgan fingerprint density at radius 2 is 1.84 bits per heavy atom. The molecule has 0 atom stereocenters. The lowest BCUT2D eigenvalue weighted by Crippen LogP contribution is -2.22. The minimum atomic E-state index is -0.0719. The van der Waals surface area contributed by atoms with Crippen LogP contribution in [0.2, 0.25) is 0 Å². The van der Waals surface area contributed by atoms with E-state index in [0.29, 0.717) is 24.0 Å². The summed E-state index contributed by atoms with van der Waals surface area (Å²) in [6.07, 6.45) is 2.78. The number of rotatable bonds is 2. The van der Waals surface area contributed by atoms with Crippen LogP contribution in [0, 0.1) is 0 Å². The Morgan fingerprint density at radius 3 is 2.63 bits per heavy atom. The average Bonchev–Trinajstić information content (AvgIpc) is 2.42. The van der Waals surface area contributed by atoms with Gasteiger partial charge in [0.15, 0.2) is 5.78 Å². The molecule has 1 aliphatic carbocycles. The first-order valence-corrected chi connectivity index (χ1v) is 6.56. The molecule has 0 saturated carbocycles. The van der Waals surface area contributed by atoms with E-state index in [2.05, 4.69) is 4.98 Å². The van der Waals surface area contributed by atoms with Gasteiger partial charge in [0, 0.05) is 29.7 Å². The summed E-state index contributed by atoms with van der Waals surface area (Å²) in [7, 11) is 0. The lowest BCUT2D eigenvalue weighted by molar-refractivity contribution is 0.0971. The largest absolute Gasteiger partial charge is 0.325 e. The van der Waals surface area contributed by atoms with E-state index in [9.17, 15) is 9.59 Å². The van der Waals surface area contributed by atoms with Gasteiger partial charge in [0.25, 0.3) is 5.56 Å². The highest BCUT2D eigenvalue weighted by atomic mass is 16.1. The number of Topliss-reactive ketones (excluding diaryl/α,β-unsaturated/α-hetero) is 1. The molecule has 1 heterocycles. The van der Waals surface area contributed by atoms with Crippen molar-refractivity contribution in [1.82, 2.24) is 4.98 Å². The third-order valence-corrected chi connectivity index (χ3v) is 3.57. The number of hydrogen-bond donors (Lipinski definition) is 1. The minimum Gasteiger partial charge on any atom is -0.325 e. The summed E-state index contributed by atoms with van der Waals surface area (Å²) in [5, 5.41) is 0. The summed E-state index contributed by atoms with van der Waals surface area (Å²) < 4.78 is 0. The van der Waals surface area contributed by atoms with Crippen LogP contribution >= 0.6 is 0 Å². The molecule has 1 aliphatic rings. The number of ketones is 1. The van der Waals surface area contributed by atoms with Gasteiger partial charge in [-0.15, -0.1) is 0 Å². The maximum Gasteiger partial charge on any atom is 0.251 e. The molecule has 0 amide bonds. The molecular formula is C16H15NO2. The number of aromatic amines is 1. The van der Waals surface area contributed by atoms with Gasteiger partial charge in [0.1, 0.15) is 0 Å². The van der Waals surface area contributed by atoms with E-state index >= 15 is 0 Å². The molecule has 0 saturated heterocycles. The summed E-state index contributed by atoms with van der Waals surface area (Å²) in [5.41, 5.74) is 3.18. The van der Waals surface area contributed by atoms with Gasteiger partial charge in [-0.3, -0.25) is 9.59 Å². The Balaban J connectivity index is 2.01. The van der Waals surface area contributed by atoms with Gasteiger partial charge in [0.05, 0.1) is 0 Å². The van der Waals surface area contributed by atoms with Crippen LogP contribution in [-0.2, 0) is 12.8 Å². The summed E-state index contributed by atoms with van der Waals surface area (Å²) in [5.74, 6) is 0.145. The van der Waals surface area contributed by atoms with Gasteiger partial charge in [-0.05, 0) is 24.5 Å². The number of aryl methyl sites for hydroxylation is 1. The molecule has 0 unspecified atom stereocenters. The Bertz CT molecular complexity index is 671. The lowest BCUT2D eigenvalue weighted by atomic mass is 9.92. The van der Waals surface area contributed by atoms with Crippen molar-refractivity contribution in [2.75, 3.05) is 0 Å². The molecule has 0 bridgehead atoms. The zero-order valence-electron chi connectivity index (χ0n) is 10.6. The molecule has 1 aromatic heterocycles. The van der Waals surface area contributed by atoms with Crippen molar-refractivity contribution >= 4 is 5.78 Å². The summed E-state index contributed by atoms with van der Waals surface area (Å²) in [6, 6.07) is 11.6. The van der Waals surface area contributed by atoms with Crippen molar-refractivity contribution < 1.29 is 4.79 Å². The highest BCUT2D eigenvalue weighted by molar-refractivity contribution is 5.98. The summed E-state index contributed by atoms with van der Waals surface area (Å²) in [6.45, 7) is 0. The first kappa shape index (κ1) is 11.9. The first-order chi connectivity index (χ1) is 9.24. The fourth-order valence-electron chi connectivity index (χ4n) is 2.56. The number of benzene rings is 1. The Kier molecular flexibility index (Phi) is 3.03. The second-order valence-electron chi connectivity index (χ2n) is 4.96. The van der Waals surface area contributed by atoms with Gasteiger partial charge in [-0.25, -0.2) is 0 Å². The molecule has 0 aliphatic heterocycles. The average molecular weight is 253 g/mol. The molecule has 19 heavy (non-hydrogen) atoms. The van der Waals surface area contributed by atoms with Gasteiger partial charge < -0.3 is 4.98 Å². The quantitative estimate of drug-likeness (QED) is 0.894. The number of H-pyrrole nitrogens is 1. The smallest absolute Gasteiger partial charge is 0.251 e. The molecule has 0 radical (unpaired) electrons. The third kappa shape index (κ3) is 2.36. The van der Waals surface area contributed by atoms with Crippen molar-refractivity contribution in [2.24, 2.45) is 0 Å². The predicted molar refractivity (Wildman–Crippen MR) is 73.6 cm³/mol. The Morgan fingerprint density at radius 1 is 1.05 bits per heavy atom. The van der Waals surface area contributed by atoms with Crippen molar-refractivity contribution in [3.05, 3.63) is 69.1 Å². The van der Waals surface area contributed by atoms with Crippen LogP contribution in [0.4, 0.5) is 0 Å². The topological polar surface area (TPSA) is 49.9 Å². The van der Waals surface area contributed by atoms with Crippen LogP contribution in [0.25, 0.3) is 0 Å². The third-order valence-electron chi connectivity index (χ3n) is 3.57. The standard InChI is InChI=1S/C16H15NO2/c18-15-8-4-7-14-13(15)10-12(16(19)17-14)9-11-5-2-1-3-6-11/h1-3,5-6,10H,4,7-9H2,(H,17,19). The van der Waals surface area contributed by atoms with Gasteiger partial charge >= 0.3 is 0 Å². The number of aromatic nitrogens is 1. The van der Waals surface area contributed by atoms with Crippen molar-refractivity contribution in [1.29, 1.82) is 0 Å². The fraction of sp³-hybridized carbons (Fsp3) is 0.250. The van der Waals surface area contributed by atoms with E-state index in [0.717, 1.165) is 24.1 Å². The zero-order valence-corrected chi connectivity index (χ0v) is 10.6. The van der Waals surface area contributed by atoms with Gasteiger partial charge in [-0.2, -0.15) is 0 Å². The van der Waals surface area contributed by atoms with Crippen LogP contribution in [0.5, 0.6) is 0 Å². The predicted octanol–water partition coefficient (Wildman–Crippen LogP) is 2.48. The van der Waals surface area contributed by atoms with E-state index in [1.165, 1.54) is 0 Å². The molecule has 2 aromatic rings. The minimum absolute atomic E-state index is 0.0719. The first-order valence-electron chi connectivity index (χ1n) is 6.56. The number of carbonyl (C=O) groups excluding carboxylic acids is 1. The highest BCUT2D eigenvalue weighted by Gasteiger charge is 2.19. The monoisotopic (exact) mass is 253 g/mol.